The van der Waals surface area contributed by atoms with Crippen molar-refractivity contribution in [1.29, 1.82) is 0 Å². The van der Waals surface area contributed by atoms with Crippen LogP contribution < -0.4 is 0 Å². The molecule has 2 heteroatoms. The van der Waals surface area contributed by atoms with Gasteiger partial charge in [-0.2, -0.15) is 0 Å². The Morgan fingerprint density at radius 3 is 2.85 bits per heavy atom. The topological polar surface area (TPSA) is 9.23 Å². The van der Waals surface area contributed by atoms with Gasteiger partial charge in [0.05, 0.1) is 6.10 Å². The van der Waals surface area contributed by atoms with Gasteiger partial charge in [0.25, 0.3) is 0 Å². The predicted octanol–water partition coefficient (Wildman–Crippen LogP) is 3.60. The van der Waals surface area contributed by atoms with Crippen LogP contribution in [0.3, 0.4) is 0 Å². The molecule has 1 fully saturated rings. The molecule has 2 unspecified atom stereocenters. The molecule has 1 saturated heterocycles. The van der Waals surface area contributed by atoms with Crippen molar-refractivity contribution in [3.63, 3.8) is 0 Å². The van der Waals surface area contributed by atoms with Crippen LogP contribution in [0.5, 0.6) is 0 Å². The first-order valence-corrected chi connectivity index (χ1v) is 5.74. The van der Waals surface area contributed by atoms with E-state index in [9.17, 15) is 0 Å². The molecule has 1 nitrogen and oxygen atoms in total. The minimum atomic E-state index is 0.297. The highest BCUT2D eigenvalue weighted by Gasteiger charge is 2.34. The Morgan fingerprint density at radius 2 is 2.31 bits per heavy atom. The van der Waals surface area contributed by atoms with Crippen LogP contribution in [-0.2, 0) is 4.74 Å². The Morgan fingerprint density at radius 1 is 1.62 bits per heavy atom. The Bertz CT molecular complexity index is 158. The van der Waals surface area contributed by atoms with Crippen molar-refractivity contribution in [3.05, 3.63) is 0 Å². The molecule has 1 rings (SSSR count). The van der Waals surface area contributed by atoms with E-state index in [0.29, 0.717) is 16.9 Å². The van der Waals surface area contributed by atoms with E-state index in [1.54, 1.807) is 0 Å². The molecule has 1 aliphatic heterocycles. The lowest BCUT2D eigenvalue weighted by molar-refractivity contribution is -0.0692. The first-order valence-electron chi connectivity index (χ1n) is 5.30. The van der Waals surface area contributed by atoms with Crippen LogP contribution in [0.2, 0.25) is 0 Å². The van der Waals surface area contributed by atoms with Crippen LogP contribution in [0, 0.1) is 5.41 Å². The van der Waals surface area contributed by atoms with Crippen molar-refractivity contribution in [2.75, 3.05) is 6.61 Å². The molecule has 78 valence electrons. The molecule has 1 aliphatic rings. The Kier molecular flexibility index (Phi) is 4.06. The summed E-state index contributed by atoms with van der Waals surface area (Å²) in [5.74, 6) is 0. The van der Waals surface area contributed by atoms with Crippen molar-refractivity contribution < 1.29 is 4.74 Å². The average molecular weight is 205 g/mol. The van der Waals surface area contributed by atoms with Gasteiger partial charge in [0.15, 0.2) is 0 Å². The van der Waals surface area contributed by atoms with Gasteiger partial charge in [0.2, 0.25) is 0 Å². The highest BCUT2D eigenvalue weighted by atomic mass is 35.5. The molecule has 0 bridgehead atoms. The zero-order valence-corrected chi connectivity index (χ0v) is 9.73. The highest BCUT2D eigenvalue weighted by Crippen LogP contribution is 2.38. The van der Waals surface area contributed by atoms with E-state index >= 15 is 0 Å². The molecule has 0 radical (unpaired) electrons. The SMILES string of the molecule is CC(Cl)CC[C@]1(C)CCCOC1C. The Hall–Kier alpha value is 0.250. The first-order chi connectivity index (χ1) is 6.04. The standard InChI is InChI=1S/C11H21ClO/c1-9(12)5-7-11(3)6-4-8-13-10(11)2/h9-10H,4-8H2,1-3H3/t9?,10?,11-/m0/s1. The highest BCUT2D eigenvalue weighted by molar-refractivity contribution is 6.20. The fourth-order valence-corrected chi connectivity index (χ4v) is 2.11. The summed E-state index contributed by atoms with van der Waals surface area (Å²) < 4.78 is 5.68. The summed E-state index contributed by atoms with van der Waals surface area (Å²) in [4.78, 5) is 0. The number of rotatable bonds is 3. The monoisotopic (exact) mass is 204 g/mol. The number of hydrogen-bond donors (Lipinski definition) is 0. The lowest BCUT2D eigenvalue weighted by Crippen LogP contribution is -2.37. The molecule has 0 saturated carbocycles. The maximum absolute atomic E-state index is 5.97. The van der Waals surface area contributed by atoms with Crippen LogP contribution >= 0.6 is 11.6 Å². The van der Waals surface area contributed by atoms with Crippen molar-refractivity contribution in [1.82, 2.24) is 0 Å². The van der Waals surface area contributed by atoms with Gasteiger partial charge < -0.3 is 4.74 Å². The second-order valence-corrected chi connectivity index (χ2v) is 5.34. The number of ether oxygens (including phenoxy) is 1. The third-order valence-corrected chi connectivity index (χ3v) is 3.57. The summed E-state index contributed by atoms with van der Waals surface area (Å²) in [5, 5.41) is 0.297. The summed E-state index contributed by atoms with van der Waals surface area (Å²) in [6, 6.07) is 0. The maximum Gasteiger partial charge on any atom is 0.0600 e. The van der Waals surface area contributed by atoms with E-state index in [1.807, 2.05) is 0 Å². The van der Waals surface area contributed by atoms with Crippen LogP contribution in [0.4, 0.5) is 0 Å². The number of alkyl halides is 1. The summed E-state index contributed by atoms with van der Waals surface area (Å²) in [5.41, 5.74) is 0.362. The quantitative estimate of drug-likeness (QED) is 0.639. The smallest absolute Gasteiger partial charge is 0.0600 e. The minimum absolute atomic E-state index is 0.297. The van der Waals surface area contributed by atoms with Gasteiger partial charge in [0, 0.05) is 12.0 Å². The summed E-state index contributed by atoms with van der Waals surface area (Å²) in [7, 11) is 0. The predicted molar refractivity (Wildman–Crippen MR) is 57.3 cm³/mol. The van der Waals surface area contributed by atoms with E-state index in [-0.39, 0.29) is 0 Å². The third kappa shape index (κ3) is 3.14. The van der Waals surface area contributed by atoms with E-state index in [0.717, 1.165) is 13.0 Å². The summed E-state index contributed by atoms with van der Waals surface area (Å²) >= 11 is 5.97. The molecule has 3 atom stereocenters. The Labute approximate surface area is 86.8 Å². The molecule has 0 spiro atoms. The zero-order valence-electron chi connectivity index (χ0n) is 8.98. The second-order valence-electron chi connectivity index (χ2n) is 4.59. The minimum Gasteiger partial charge on any atom is -0.378 e. The second kappa shape index (κ2) is 4.65. The molecule has 0 aromatic heterocycles. The lowest BCUT2D eigenvalue weighted by atomic mass is 9.75. The molecule has 1 heterocycles. The molecule has 0 amide bonds. The molecule has 0 N–H and O–H groups in total. The van der Waals surface area contributed by atoms with Gasteiger partial charge >= 0.3 is 0 Å². The third-order valence-electron chi connectivity index (χ3n) is 3.35. The number of hydrogen-bond acceptors (Lipinski definition) is 1. The zero-order chi connectivity index (χ0) is 9.90. The molecule has 0 aromatic rings. The molecule has 0 aromatic carbocycles. The van der Waals surface area contributed by atoms with Gasteiger partial charge in [-0.05, 0) is 44.9 Å². The maximum atomic E-state index is 5.97. The van der Waals surface area contributed by atoms with Crippen LogP contribution in [0.25, 0.3) is 0 Å². The van der Waals surface area contributed by atoms with Crippen molar-refractivity contribution in [2.45, 2.75) is 57.9 Å². The van der Waals surface area contributed by atoms with E-state index in [1.165, 1.54) is 19.3 Å². The van der Waals surface area contributed by atoms with E-state index in [2.05, 4.69) is 20.8 Å². The first kappa shape index (κ1) is 11.3. The van der Waals surface area contributed by atoms with Gasteiger partial charge in [-0.1, -0.05) is 6.92 Å². The van der Waals surface area contributed by atoms with Gasteiger partial charge in [-0.3, -0.25) is 0 Å². The largest absolute Gasteiger partial charge is 0.378 e. The Balaban J connectivity index is 2.42. The fraction of sp³-hybridized carbons (Fsp3) is 1.00. The van der Waals surface area contributed by atoms with E-state index in [4.69, 9.17) is 16.3 Å². The van der Waals surface area contributed by atoms with E-state index < -0.39 is 0 Å². The van der Waals surface area contributed by atoms with Crippen LogP contribution in [0.15, 0.2) is 0 Å². The van der Waals surface area contributed by atoms with Crippen molar-refractivity contribution >= 4 is 11.6 Å². The molecule has 13 heavy (non-hydrogen) atoms. The number of halogens is 1. The van der Waals surface area contributed by atoms with Crippen LogP contribution in [0.1, 0.15) is 46.5 Å². The average Bonchev–Trinajstić information content (AvgIpc) is 2.07. The molecule has 0 aliphatic carbocycles. The molecular weight excluding hydrogens is 184 g/mol. The van der Waals surface area contributed by atoms with Crippen LogP contribution in [-0.4, -0.2) is 18.1 Å². The summed E-state index contributed by atoms with van der Waals surface area (Å²) in [6.45, 7) is 7.53. The van der Waals surface area contributed by atoms with Gasteiger partial charge in [-0.25, -0.2) is 0 Å². The molecular formula is C11H21ClO. The fourth-order valence-electron chi connectivity index (χ4n) is 2.00. The normalized spacial score (nSPS) is 37.4. The van der Waals surface area contributed by atoms with Crippen molar-refractivity contribution in [2.24, 2.45) is 5.41 Å². The lowest BCUT2D eigenvalue weighted by Gasteiger charge is -2.40. The summed E-state index contributed by atoms with van der Waals surface area (Å²) in [6.07, 6.45) is 5.19. The van der Waals surface area contributed by atoms with Gasteiger partial charge in [-0.15, -0.1) is 11.6 Å². The van der Waals surface area contributed by atoms with Crippen molar-refractivity contribution in [3.8, 4) is 0 Å². The van der Waals surface area contributed by atoms with Gasteiger partial charge in [0.1, 0.15) is 0 Å².